The van der Waals surface area contributed by atoms with Gasteiger partial charge in [-0.25, -0.2) is 9.13 Å². The molecule has 0 rings (SSSR count). The molecule has 94 heavy (non-hydrogen) atoms. The summed E-state index contributed by atoms with van der Waals surface area (Å²) in [6, 6.07) is 0. The van der Waals surface area contributed by atoms with Crippen molar-refractivity contribution in [1.29, 1.82) is 0 Å². The molecule has 0 aliphatic rings. The second kappa shape index (κ2) is 67.7. The van der Waals surface area contributed by atoms with Gasteiger partial charge in [0.2, 0.25) is 0 Å². The fraction of sp³-hybridized carbons (Fsp3) is 0.893. The van der Waals surface area contributed by atoms with Crippen LogP contribution in [0.25, 0.3) is 0 Å². The van der Waals surface area contributed by atoms with Crippen molar-refractivity contribution in [2.45, 2.75) is 387 Å². The standard InChI is InChI=1S/C75H142O17P2/c1-6-10-13-16-18-20-22-24-26-27-28-29-30-32-34-36-41-45-50-55-60-75(80)92-71(65-86-73(78)59-54-49-44-40-35-33-31-25-23-21-19-17-14-11-7-2)67-90-94(83,84)88-63-69(76)62-87-93(81,82)89-66-70(64-85-72(77)58-53-47-15-12-8-3)91-74(79)61-56-51-46-42-38-37-39-43-48-52-57-68(5)9-4/h21,23,25,31,68-71,76H,6-20,22,24,26-30,32-67H2,1-5H3,(H,81,82)(H,83,84)/b23-21-,31-25-/t68?,69-,70+,71+/m0/s1. The third-order valence-corrected chi connectivity index (χ3v) is 19.2. The number of hydrogen-bond acceptors (Lipinski definition) is 15. The molecule has 0 amide bonds. The van der Waals surface area contributed by atoms with Crippen molar-refractivity contribution in [2.24, 2.45) is 5.92 Å². The van der Waals surface area contributed by atoms with Gasteiger partial charge in [-0.2, -0.15) is 0 Å². The number of ether oxygens (including phenoxy) is 4. The van der Waals surface area contributed by atoms with Crippen molar-refractivity contribution in [3.05, 3.63) is 24.3 Å². The molecule has 3 unspecified atom stereocenters. The highest BCUT2D eigenvalue weighted by atomic mass is 31.2. The van der Waals surface area contributed by atoms with E-state index in [9.17, 15) is 43.2 Å². The van der Waals surface area contributed by atoms with Crippen LogP contribution in [0.1, 0.15) is 369 Å². The minimum Gasteiger partial charge on any atom is -0.462 e. The molecule has 0 spiro atoms. The number of carbonyl (C=O) groups excluding carboxylic acids is 4. The Morgan fingerprint density at radius 1 is 0.340 bits per heavy atom. The molecule has 0 saturated heterocycles. The van der Waals surface area contributed by atoms with Crippen LogP contribution in [0.2, 0.25) is 0 Å². The summed E-state index contributed by atoms with van der Waals surface area (Å²) < 4.78 is 68.2. The Hall–Kier alpha value is -2.46. The molecule has 0 aliphatic heterocycles. The Balaban J connectivity index is 5.17. The number of phosphoric acid groups is 2. The minimum absolute atomic E-state index is 0.102. The van der Waals surface area contributed by atoms with Gasteiger partial charge in [0.15, 0.2) is 12.2 Å². The summed E-state index contributed by atoms with van der Waals surface area (Å²) in [5.74, 6) is -1.36. The number of hydrogen-bond donors (Lipinski definition) is 3. The molecule has 0 aromatic carbocycles. The zero-order chi connectivity index (χ0) is 69.1. The third-order valence-electron chi connectivity index (χ3n) is 17.3. The predicted molar refractivity (Wildman–Crippen MR) is 381 cm³/mol. The van der Waals surface area contributed by atoms with Gasteiger partial charge in [0, 0.05) is 25.7 Å². The summed E-state index contributed by atoms with van der Waals surface area (Å²) in [5, 5.41) is 10.6. The van der Waals surface area contributed by atoms with E-state index in [1.165, 1.54) is 167 Å². The molecule has 554 valence electrons. The lowest BCUT2D eigenvalue weighted by Gasteiger charge is -2.21. The second-order valence-corrected chi connectivity index (χ2v) is 29.5. The van der Waals surface area contributed by atoms with Crippen molar-refractivity contribution in [3.63, 3.8) is 0 Å². The van der Waals surface area contributed by atoms with Gasteiger partial charge in [0.1, 0.15) is 19.3 Å². The zero-order valence-corrected chi connectivity index (χ0v) is 62.4. The molecule has 0 aromatic heterocycles. The summed E-state index contributed by atoms with van der Waals surface area (Å²) in [4.78, 5) is 72.5. The number of unbranched alkanes of at least 4 members (excludes halogenated alkanes) is 41. The number of carbonyl (C=O) groups is 4. The van der Waals surface area contributed by atoms with E-state index in [-0.39, 0.29) is 25.7 Å². The molecule has 0 saturated carbocycles. The highest BCUT2D eigenvalue weighted by Crippen LogP contribution is 2.45. The maximum Gasteiger partial charge on any atom is 0.472 e. The highest BCUT2D eigenvalue weighted by Gasteiger charge is 2.30. The lowest BCUT2D eigenvalue weighted by molar-refractivity contribution is -0.161. The molecule has 0 radical (unpaired) electrons. The molecular weight excluding hydrogens is 1230 g/mol. The Kier molecular flexibility index (Phi) is 65.9. The van der Waals surface area contributed by atoms with E-state index in [1.54, 1.807) is 0 Å². The Labute approximate surface area is 573 Å². The first-order valence-electron chi connectivity index (χ1n) is 38.5. The normalized spacial score (nSPS) is 14.4. The largest absolute Gasteiger partial charge is 0.472 e. The van der Waals surface area contributed by atoms with Gasteiger partial charge in [0.05, 0.1) is 26.4 Å². The molecule has 0 aliphatic carbocycles. The minimum atomic E-state index is -4.96. The van der Waals surface area contributed by atoms with Crippen LogP contribution in [0.15, 0.2) is 24.3 Å². The molecule has 0 bridgehead atoms. The van der Waals surface area contributed by atoms with Gasteiger partial charge in [-0.05, 0) is 57.3 Å². The second-order valence-electron chi connectivity index (χ2n) is 26.6. The Morgan fingerprint density at radius 3 is 0.904 bits per heavy atom. The number of allylic oxidation sites excluding steroid dienone is 4. The topological polar surface area (TPSA) is 237 Å². The molecule has 0 fully saturated rings. The first-order chi connectivity index (χ1) is 45.6. The highest BCUT2D eigenvalue weighted by molar-refractivity contribution is 7.47. The molecule has 19 heteroatoms. The van der Waals surface area contributed by atoms with Gasteiger partial charge in [0.25, 0.3) is 0 Å². The maximum absolute atomic E-state index is 13.1. The lowest BCUT2D eigenvalue weighted by Crippen LogP contribution is -2.30. The number of aliphatic hydroxyl groups is 1. The van der Waals surface area contributed by atoms with E-state index < -0.39 is 97.5 Å². The van der Waals surface area contributed by atoms with Gasteiger partial charge >= 0.3 is 39.5 Å². The third kappa shape index (κ3) is 66.8. The van der Waals surface area contributed by atoms with Crippen molar-refractivity contribution < 1.29 is 80.2 Å². The Morgan fingerprint density at radius 2 is 0.596 bits per heavy atom. The smallest absolute Gasteiger partial charge is 0.462 e. The number of esters is 4. The van der Waals surface area contributed by atoms with Crippen molar-refractivity contribution in [1.82, 2.24) is 0 Å². The SMILES string of the molecule is CCCCCC/C=C\C=C/CCCCCCCC(=O)OC[C@H](COP(=O)(O)OC[C@@H](O)COP(=O)(O)OC[C@@H](COC(=O)CCCCCCC)OC(=O)CCCCCCCCCCCCC(C)CC)OC(=O)CCCCCCCCCCCCCCCCCCCCCC. The van der Waals surface area contributed by atoms with E-state index in [0.717, 1.165) is 121 Å². The van der Waals surface area contributed by atoms with Crippen molar-refractivity contribution >= 4 is 39.5 Å². The van der Waals surface area contributed by atoms with E-state index in [4.69, 9.17) is 37.0 Å². The van der Waals surface area contributed by atoms with E-state index in [0.29, 0.717) is 25.7 Å². The summed E-state index contributed by atoms with van der Waals surface area (Å²) >= 11 is 0. The summed E-state index contributed by atoms with van der Waals surface area (Å²) in [5.41, 5.74) is 0. The summed E-state index contributed by atoms with van der Waals surface area (Å²) in [6.45, 7) is 7.15. The van der Waals surface area contributed by atoms with Crippen molar-refractivity contribution in [3.8, 4) is 0 Å². The van der Waals surface area contributed by atoms with E-state index >= 15 is 0 Å². The lowest BCUT2D eigenvalue weighted by atomic mass is 9.99. The number of phosphoric ester groups is 2. The van der Waals surface area contributed by atoms with Crippen molar-refractivity contribution in [2.75, 3.05) is 39.6 Å². The monoisotopic (exact) mass is 1380 g/mol. The van der Waals surface area contributed by atoms with Crippen LogP contribution < -0.4 is 0 Å². The van der Waals surface area contributed by atoms with Gasteiger partial charge < -0.3 is 33.8 Å². The zero-order valence-electron chi connectivity index (χ0n) is 60.6. The predicted octanol–water partition coefficient (Wildman–Crippen LogP) is 21.6. The summed E-state index contributed by atoms with van der Waals surface area (Å²) in [6.07, 6.45) is 59.5. The van der Waals surface area contributed by atoms with Gasteiger partial charge in [-0.1, -0.05) is 316 Å². The fourth-order valence-corrected chi connectivity index (χ4v) is 12.5. The number of aliphatic hydroxyl groups excluding tert-OH is 1. The molecule has 17 nitrogen and oxygen atoms in total. The van der Waals surface area contributed by atoms with Crippen LogP contribution in [-0.2, 0) is 65.4 Å². The first-order valence-corrected chi connectivity index (χ1v) is 41.5. The number of rotatable bonds is 73. The van der Waals surface area contributed by atoms with Crippen LogP contribution in [-0.4, -0.2) is 96.7 Å². The fourth-order valence-electron chi connectivity index (χ4n) is 11.0. The summed E-state index contributed by atoms with van der Waals surface area (Å²) in [7, 11) is -9.91. The van der Waals surface area contributed by atoms with Gasteiger partial charge in [-0.3, -0.25) is 37.3 Å². The average molecular weight is 1380 g/mol. The molecule has 0 aromatic rings. The molecule has 0 heterocycles. The quantitative estimate of drug-likeness (QED) is 0.0169. The average Bonchev–Trinajstić information content (AvgIpc) is 2.30. The maximum atomic E-state index is 13.1. The van der Waals surface area contributed by atoms with Crippen LogP contribution >= 0.6 is 15.6 Å². The van der Waals surface area contributed by atoms with E-state index in [1.807, 2.05) is 0 Å². The van der Waals surface area contributed by atoms with Crippen LogP contribution in [0.4, 0.5) is 0 Å². The Bertz CT molecular complexity index is 1900. The molecule has 3 N–H and O–H groups in total. The van der Waals surface area contributed by atoms with Crippen LogP contribution in [0.3, 0.4) is 0 Å². The molecular formula is C75H142O17P2. The van der Waals surface area contributed by atoms with Crippen LogP contribution in [0, 0.1) is 5.92 Å². The van der Waals surface area contributed by atoms with E-state index in [2.05, 4.69) is 58.9 Å². The van der Waals surface area contributed by atoms with Crippen LogP contribution in [0.5, 0.6) is 0 Å². The molecule has 6 atom stereocenters. The first kappa shape index (κ1) is 91.5. The van der Waals surface area contributed by atoms with Gasteiger partial charge in [-0.15, -0.1) is 0 Å².